The van der Waals surface area contributed by atoms with Crippen LogP contribution in [0.4, 0.5) is 0 Å². The zero-order valence-electron chi connectivity index (χ0n) is 13.7. The van der Waals surface area contributed by atoms with E-state index >= 15 is 0 Å². The molecular weight excluding hydrogens is 340 g/mol. The Balaban J connectivity index is 2.01. The summed E-state index contributed by atoms with van der Waals surface area (Å²) < 4.78 is 7.12. The largest absolute Gasteiger partial charge is 0.421 e. The molecular formula is C18H18N2O4S. The molecule has 25 heavy (non-hydrogen) atoms. The van der Waals surface area contributed by atoms with E-state index in [1.54, 1.807) is 0 Å². The van der Waals surface area contributed by atoms with Gasteiger partial charge in [0.25, 0.3) is 5.56 Å². The summed E-state index contributed by atoms with van der Waals surface area (Å²) >= 11 is 1.43. The predicted octanol–water partition coefficient (Wildman–Crippen LogP) is 2.71. The summed E-state index contributed by atoms with van der Waals surface area (Å²) in [5.41, 5.74) is 0.369. The lowest BCUT2D eigenvalue weighted by molar-refractivity contribution is 0.0533. The molecule has 0 atom stereocenters. The molecule has 3 aromatic rings. The molecule has 0 radical (unpaired) electrons. The van der Waals surface area contributed by atoms with Gasteiger partial charge < -0.3 is 9.94 Å². The number of rotatable bonds is 6. The molecule has 0 aliphatic carbocycles. The van der Waals surface area contributed by atoms with Gasteiger partial charge in [0.05, 0.1) is 17.2 Å². The Labute approximate surface area is 148 Å². The standard InChI is InChI=1S/C18H18N2O4S/c1-2-14-16(15-9-6-10-25-15)19(18(22)20(23)17(14)21)12-24-11-13-7-4-3-5-8-13/h3-10,23H,2,11-12H2,1H3. The molecule has 2 aromatic heterocycles. The first-order valence-electron chi connectivity index (χ1n) is 7.87. The van der Waals surface area contributed by atoms with Crippen molar-refractivity contribution < 1.29 is 9.94 Å². The van der Waals surface area contributed by atoms with Gasteiger partial charge in [-0.05, 0) is 23.4 Å². The zero-order chi connectivity index (χ0) is 17.8. The van der Waals surface area contributed by atoms with Crippen LogP contribution in [0.15, 0.2) is 57.4 Å². The van der Waals surface area contributed by atoms with Gasteiger partial charge in [0, 0.05) is 5.56 Å². The van der Waals surface area contributed by atoms with E-state index in [0.29, 0.717) is 24.3 Å². The molecule has 7 heteroatoms. The molecule has 0 amide bonds. The summed E-state index contributed by atoms with van der Waals surface area (Å²) in [4.78, 5) is 25.5. The van der Waals surface area contributed by atoms with Crippen molar-refractivity contribution >= 4 is 11.3 Å². The topological polar surface area (TPSA) is 73.5 Å². The van der Waals surface area contributed by atoms with Crippen molar-refractivity contribution in [2.24, 2.45) is 0 Å². The minimum Gasteiger partial charge on any atom is -0.421 e. The minimum atomic E-state index is -0.807. The second kappa shape index (κ2) is 7.50. The van der Waals surface area contributed by atoms with Crippen LogP contribution in [0.5, 0.6) is 0 Å². The van der Waals surface area contributed by atoms with Gasteiger partial charge in [0.1, 0.15) is 6.73 Å². The van der Waals surface area contributed by atoms with E-state index in [0.717, 1.165) is 10.4 Å². The van der Waals surface area contributed by atoms with Gasteiger partial charge in [-0.25, -0.2) is 4.79 Å². The van der Waals surface area contributed by atoms with Crippen LogP contribution in [0, 0.1) is 0 Å². The Hall–Kier alpha value is -2.64. The molecule has 6 nitrogen and oxygen atoms in total. The van der Waals surface area contributed by atoms with Crippen molar-refractivity contribution in [3.63, 3.8) is 0 Å². The van der Waals surface area contributed by atoms with Crippen molar-refractivity contribution in [1.82, 2.24) is 9.30 Å². The summed E-state index contributed by atoms with van der Waals surface area (Å²) in [5.74, 6) is 0. The molecule has 0 saturated heterocycles. The highest BCUT2D eigenvalue weighted by molar-refractivity contribution is 7.13. The lowest BCUT2D eigenvalue weighted by atomic mass is 10.1. The molecule has 1 aromatic carbocycles. The monoisotopic (exact) mass is 358 g/mol. The van der Waals surface area contributed by atoms with E-state index in [1.807, 2.05) is 54.8 Å². The van der Waals surface area contributed by atoms with E-state index in [-0.39, 0.29) is 11.5 Å². The third-order valence-electron chi connectivity index (χ3n) is 3.86. The quantitative estimate of drug-likeness (QED) is 0.688. The van der Waals surface area contributed by atoms with Gasteiger partial charge in [-0.3, -0.25) is 9.36 Å². The van der Waals surface area contributed by atoms with Crippen molar-refractivity contribution in [3.05, 3.63) is 79.8 Å². The highest BCUT2D eigenvalue weighted by Crippen LogP contribution is 2.26. The predicted molar refractivity (Wildman–Crippen MR) is 96.1 cm³/mol. The number of hydrogen-bond acceptors (Lipinski definition) is 5. The van der Waals surface area contributed by atoms with Crippen LogP contribution >= 0.6 is 11.3 Å². The number of benzene rings is 1. The molecule has 3 rings (SSSR count). The zero-order valence-corrected chi connectivity index (χ0v) is 14.5. The van der Waals surface area contributed by atoms with Gasteiger partial charge in [0.2, 0.25) is 0 Å². The molecule has 0 spiro atoms. The normalized spacial score (nSPS) is 10.9. The van der Waals surface area contributed by atoms with Crippen LogP contribution in [0.1, 0.15) is 18.1 Å². The Kier molecular flexibility index (Phi) is 5.16. The number of hydrogen-bond donors (Lipinski definition) is 1. The highest BCUT2D eigenvalue weighted by Gasteiger charge is 2.19. The number of aromatic nitrogens is 2. The summed E-state index contributed by atoms with van der Waals surface area (Å²) in [6.45, 7) is 2.07. The average molecular weight is 358 g/mol. The van der Waals surface area contributed by atoms with Crippen LogP contribution < -0.4 is 11.2 Å². The second-order valence-corrected chi connectivity index (χ2v) is 6.40. The fourth-order valence-corrected chi connectivity index (χ4v) is 3.46. The third kappa shape index (κ3) is 3.42. The molecule has 0 aliphatic rings. The number of ether oxygens (including phenoxy) is 1. The van der Waals surface area contributed by atoms with Gasteiger partial charge in [0.15, 0.2) is 0 Å². The van der Waals surface area contributed by atoms with E-state index in [4.69, 9.17) is 4.74 Å². The van der Waals surface area contributed by atoms with Crippen LogP contribution in [0.2, 0.25) is 0 Å². The summed E-state index contributed by atoms with van der Waals surface area (Å²) in [5, 5.41) is 11.7. The molecule has 1 N–H and O–H groups in total. The Morgan fingerprint density at radius 2 is 1.88 bits per heavy atom. The van der Waals surface area contributed by atoms with Crippen LogP contribution in [-0.4, -0.2) is 14.5 Å². The van der Waals surface area contributed by atoms with Crippen molar-refractivity contribution in [2.45, 2.75) is 26.7 Å². The van der Waals surface area contributed by atoms with Crippen molar-refractivity contribution in [1.29, 1.82) is 0 Å². The number of nitrogens with zero attached hydrogens (tertiary/aromatic N) is 2. The first kappa shape index (κ1) is 17.2. The van der Waals surface area contributed by atoms with E-state index in [1.165, 1.54) is 15.9 Å². The molecule has 0 fully saturated rings. The van der Waals surface area contributed by atoms with Gasteiger partial charge >= 0.3 is 5.69 Å². The molecule has 2 heterocycles. The summed E-state index contributed by atoms with van der Waals surface area (Å²) in [7, 11) is 0. The first-order valence-corrected chi connectivity index (χ1v) is 8.75. The lowest BCUT2D eigenvalue weighted by Gasteiger charge is -2.16. The Morgan fingerprint density at radius 3 is 2.52 bits per heavy atom. The highest BCUT2D eigenvalue weighted by atomic mass is 32.1. The SMILES string of the molecule is CCc1c(-c2cccs2)n(COCc2ccccc2)c(=O)n(O)c1=O. The average Bonchev–Trinajstić information content (AvgIpc) is 3.16. The minimum absolute atomic E-state index is 0.0607. The Bertz CT molecular complexity index is 959. The van der Waals surface area contributed by atoms with E-state index in [2.05, 4.69) is 0 Å². The molecule has 0 saturated carbocycles. The maximum atomic E-state index is 12.4. The summed E-state index contributed by atoms with van der Waals surface area (Å²) in [6, 6.07) is 13.3. The van der Waals surface area contributed by atoms with Crippen LogP contribution in [0.3, 0.4) is 0 Å². The fraction of sp³-hybridized carbons (Fsp3) is 0.222. The molecule has 0 bridgehead atoms. The van der Waals surface area contributed by atoms with Crippen molar-refractivity contribution in [2.75, 3.05) is 0 Å². The van der Waals surface area contributed by atoms with Gasteiger partial charge in [-0.15, -0.1) is 11.3 Å². The smallest absolute Gasteiger partial charge is 0.366 e. The van der Waals surface area contributed by atoms with Gasteiger partial charge in [-0.1, -0.05) is 48.1 Å². The Morgan fingerprint density at radius 1 is 1.12 bits per heavy atom. The van der Waals surface area contributed by atoms with Crippen LogP contribution in [0.25, 0.3) is 10.6 Å². The van der Waals surface area contributed by atoms with Gasteiger partial charge in [-0.2, -0.15) is 0 Å². The van der Waals surface area contributed by atoms with E-state index < -0.39 is 11.2 Å². The first-order chi connectivity index (χ1) is 12.1. The second-order valence-electron chi connectivity index (χ2n) is 5.45. The lowest BCUT2D eigenvalue weighted by Crippen LogP contribution is -2.41. The third-order valence-corrected chi connectivity index (χ3v) is 4.74. The van der Waals surface area contributed by atoms with Crippen molar-refractivity contribution in [3.8, 4) is 10.6 Å². The maximum Gasteiger partial charge on any atom is 0.366 e. The van der Waals surface area contributed by atoms with Crippen LogP contribution in [-0.2, 0) is 24.5 Å². The number of thiophene rings is 1. The maximum absolute atomic E-state index is 12.4. The fourth-order valence-electron chi connectivity index (χ4n) is 2.65. The molecule has 130 valence electrons. The van der Waals surface area contributed by atoms with E-state index in [9.17, 15) is 14.8 Å². The molecule has 0 aliphatic heterocycles. The summed E-state index contributed by atoms with van der Waals surface area (Å²) in [6.07, 6.45) is 0.394. The molecule has 0 unspecified atom stereocenters.